The summed E-state index contributed by atoms with van der Waals surface area (Å²) in [5.74, 6) is -1.31. The minimum Gasteiger partial charge on any atom is -0.481 e. The second-order valence-corrected chi connectivity index (χ2v) is 14.9. The van der Waals surface area contributed by atoms with E-state index >= 15 is 0 Å². The monoisotopic (exact) mass is 705 g/mol. The quantitative estimate of drug-likeness (QED) is 0.200. The lowest BCUT2D eigenvalue weighted by Gasteiger charge is -2.61. The second-order valence-electron chi connectivity index (χ2n) is 14.9. The van der Waals surface area contributed by atoms with Gasteiger partial charge in [0, 0.05) is 36.6 Å². The van der Waals surface area contributed by atoms with Crippen LogP contribution in [-0.2, 0) is 53.5 Å². The normalized spacial score (nSPS) is 25.7. The molecule has 1 fully saturated rings. The largest absolute Gasteiger partial charge is 0.481 e. The summed E-state index contributed by atoms with van der Waals surface area (Å²) < 4.78 is 23.0. The Labute approximate surface area is 297 Å². The molecule has 4 N–H and O–H groups in total. The third-order valence-electron chi connectivity index (χ3n) is 10.4. The molecule has 4 aliphatic rings. The summed E-state index contributed by atoms with van der Waals surface area (Å²) in [4.78, 5) is 53.8. The van der Waals surface area contributed by atoms with Crippen molar-refractivity contribution in [3.63, 3.8) is 0 Å². The first-order valence-electron chi connectivity index (χ1n) is 17.4. The molecule has 51 heavy (non-hydrogen) atoms. The van der Waals surface area contributed by atoms with Crippen molar-refractivity contribution < 1.29 is 48.3 Å². The molecule has 0 radical (unpaired) electrons. The maximum absolute atomic E-state index is 13.3. The third-order valence-corrected chi connectivity index (χ3v) is 10.4. The topological polar surface area (TPSA) is 173 Å². The van der Waals surface area contributed by atoms with Crippen molar-refractivity contribution in [2.24, 2.45) is 0 Å². The molecule has 274 valence electrons. The van der Waals surface area contributed by atoms with Crippen molar-refractivity contribution >= 4 is 23.9 Å². The average molecular weight is 706 g/mol. The third kappa shape index (κ3) is 6.82. The number of carbonyl (C=O) groups excluding carboxylic acids is 4. The zero-order valence-corrected chi connectivity index (χ0v) is 29.7. The van der Waals surface area contributed by atoms with Gasteiger partial charge in [0.05, 0.1) is 24.0 Å². The van der Waals surface area contributed by atoms with Crippen LogP contribution in [0.1, 0.15) is 69.2 Å². The van der Waals surface area contributed by atoms with Gasteiger partial charge in [-0.25, -0.2) is 9.59 Å². The molecule has 2 bridgehead atoms. The summed E-state index contributed by atoms with van der Waals surface area (Å²) in [6.07, 6.45) is 0.217. The van der Waals surface area contributed by atoms with Crippen molar-refractivity contribution in [3.05, 3.63) is 76.6 Å². The lowest BCUT2D eigenvalue weighted by molar-refractivity contribution is -0.175. The van der Waals surface area contributed by atoms with Crippen LogP contribution < -0.4 is 15.4 Å². The van der Waals surface area contributed by atoms with Gasteiger partial charge >= 0.3 is 18.0 Å². The number of amides is 2. The van der Waals surface area contributed by atoms with Crippen LogP contribution in [0.4, 0.5) is 4.79 Å². The number of alkyl carbamates (subject to hydrolysis) is 1. The fraction of sp³-hybridized carbons (Fsp3) is 0.526. The number of carbonyl (C=O) groups is 4. The predicted octanol–water partition coefficient (Wildman–Crippen LogP) is 2.57. The van der Waals surface area contributed by atoms with E-state index in [0.717, 1.165) is 16.7 Å². The molecule has 13 nitrogen and oxygen atoms in total. The van der Waals surface area contributed by atoms with E-state index in [4.69, 9.17) is 18.9 Å². The summed E-state index contributed by atoms with van der Waals surface area (Å²) in [5, 5.41) is 27.7. The molecular weight excluding hydrogens is 658 g/mol. The molecule has 6 atom stereocenters. The first-order chi connectivity index (χ1) is 24.2. The van der Waals surface area contributed by atoms with Crippen LogP contribution in [0.15, 0.2) is 54.3 Å². The predicted molar refractivity (Wildman–Crippen MR) is 183 cm³/mol. The van der Waals surface area contributed by atoms with E-state index in [1.807, 2.05) is 49.5 Å². The highest BCUT2D eigenvalue weighted by Crippen LogP contribution is 2.64. The van der Waals surface area contributed by atoms with Crippen LogP contribution >= 0.6 is 0 Å². The standard InChI is InChI=1S/C38H47N3O10/c1-22(48-29(43)14-17-39-33(44)26(19-23-9-7-6-8-10-23)40-35(46)51-36(2,3)4)34(45)49-27-13-15-38(47)28-20-24-11-12-25(21-42)31-30(24)37(38,32(27)50-31)16-18-41(28)5/h6-13,22,26,28,32,42,47H,14-21H2,1-5H3,(H,39,44)(H,40,46)/t22-,26-,28+,32-,37-,38+/m0/s1. The smallest absolute Gasteiger partial charge is 0.408 e. The zero-order valence-electron chi connectivity index (χ0n) is 29.7. The van der Waals surface area contributed by atoms with E-state index < -0.39 is 58.8 Å². The number of hydrogen-bond donors (Lipinski definition) is 4. The summed E-state index contributed by atoms with van der Waals surface area (Å²) >= 11 is 0. The Balaban J connectivity index is 1.07. The highest BCUT2D eigenvalue weighted by molar-refractivity contribution is 5.86. The lowest BCUT2D eigenvalue weighted by Crippen LogP contribution is -2.74. The number of esters is 2. The van der Waals surface area contributed by atoms with Gasteiger partial charge in [-0.2, -0.15) is 0 Å². The first kappa shape index (κ1) is 36.3. The fourth-order valence-corrected chi connectivity index (χ4v) is 8.05. The first-order valence-corrected chi connectivity index (χ1v) is 17.4. The van der Waals surface area contributed by atoms with Crippen LogP contribution in [0.25, 0.3) is 0 Å². The number of ether oxygens (including phenoxy) is 4. The van der Waals surface area contributed by atoms with Gasteiger partial charge in [-0.05, 0) is 71.3 Å². The minimum atomic E-state index is -1.28. The van der Waals surface area contributed by atoms with Crippen molar-refractivity contribution in [2.75, 3.05) is 20.1 Å². The average Bonchev–Trinajstić information content (AvgIpc) is 3.43. The number of piperidine rings is 1. The number of likely N-dealkylation sites (N-methyl/N-ethyl adjacent to an activating group) is 1. The molecule has 2 aromatic carbocycles. The van der Waals surface area contributed by atoms with E-state index in [0.29, 0.717) is 30.7 Å². The molecule has 2 aliphatic carbocycles. The van der Waals surface area contributed by atoms with E-state index in [9.17, 15) is 29.4 Å². The van der Waals surface area contributed by atoms with Gasteiger partial charge < -0.3 is 44.7 Å². The van der Waals surface area contributed by atoms with E-state index in [1.54, 1.807) is 26.8 Å². The van der Waals surface area contributed by atoms with E-state index in [2.05, 4.69) is 15.5 Å². The number of nitrogens with one attached hydrogen (secondary N) is 2. The van der Waals surface area contributed by atoms with Crippen molar-refractivity contribution in [1.82, 2.24) is 15.5 Å². The van der Waals surface area contributed by atoms with Gasteiger partial charge in [0.1, 0.15) is 23.2 Å². The number of benzene rings is 2. The van der Waals surface area contributed by atoms with Crippen LogP contribution in [0.3, 0.4) is 0 Å². The molecule has 13 heteroatoms. The summed E-state index contributed by atoms with van der Waals surface area (Å²) in [7, 11) is 2.00. The highest BCUT2D eigenvalue weighted by atomic mass is 16.6. The van der Waals surface area contributed by atoms with Gasteiger partial charge in [-0.15, -0.1) is 0 Å². The molecule has 6 rings (SSSR count). The summed E-state index contributed by atoms with van der Waals surface area (Å²) in [6.45, 7) is 6.91. The SMILES string of the molecule is C[C@H](OC(=O)CCNC(=O)[C@H](Cc1ccccc1)NC(=O)OC(C)(C)C)C(=O)OC1=CC[C@@]2(O)[C@H]3Cc4ccc(CO)c5c4[C@@]2(CCN3C)[C@H]1O5. The highest BCUT2D eigenvalue weighted by Gasteiger charge is 2.72. The molecule has 0 unspecified atom stereocenters. The van der Waals surface area contributed by atoms with Crippen molar-refractivity contribution in [3.8, 4) is 5.75 Å². The number of aliphatic hydroxyl groups excluding tert-OH is 1. The Morgan fingerprint density at radius 3 is 2.57 bits per heavy atom. The Hall–Kier alpha value is -4.46. The summed E-state index contributed by atoms with van der Waals surface area (Å²) in [5.41, 5.74) is 0.517. The Kier molecular flexibility index (Phi) is 9.92. The van der Waals surface area contributed by atoms with Gasteiger partial charge in [0.2, 0.25) is 5.91 Å². The molecular formula is C38H47N3O10. The second kappa shape index (κ2) is 13.9. The number of nitrogens with zero attached hydrogens (tertiary/aromatic N) is 1. The number of rotatable bonds is 11. The summed E-state index contributed by atoms with van der Waals surface area (Å²) in [6, 6.07) is 11.8. The molecule has 2 heterocycles. The number of aliphatic hydroxyl groups is 2. The van der Waals surface area contributed by atoms with E-state index in [-0.39, 0.29) is 44.2 Å². The molecule has 1 saturated heterocycles. The van der Waals surface area contributed by atoms with Crippen LogP contribution in [0.5, 0.6) is 5.75 Å². The molecule has 0 saturated carbocycles. The van der Waals surface area contributed by atoms with Crippen LogP contribution in [0.2, 0.25) is 0 Å². The lowest BCUT2D eigenvalue weighted by atomic mass is 9.50. The van der Waals surface area contributed by atoms with Gasteiger partial charge in [-0.3, -0.25) is 9.59 Å². The molecule has 2 amide bonds. The zero-order chi connectivity index (χ0) is 36.7. The Bertz CT molecular complexity index is 1720. The fourth-order valence-electron chi connectivity index (χ4n) is 8.05. The van der Waals surface area contributed by atoms with Gasteiger partial charge in [0.25, 0.3) is 0 Å². The van der Waals surface area contributed by atoms with Gasteiger partial charge in [0.15, 0.2) is 12.2 Å². The maximum atomic E-state index is 13.3. The molecule has 1 spiro atoms. The molecule has 0 aromatic heterocycles. The van der Waals surface area contributed by atoms with Crippen molar-refractivity contribution in [2.45, 2.75) is 107 Å². The molecule has 2 aromatic rings. The number of hydrogen-bond acceptors (Lipinski definition) is 11. The Morgan fingerprint density at radius 2 is 1.86 bits per heavy atom. The van der Waals surface area contributed by atoms with Crippen LogP contribution in [-0.4, -0.2) is 94.7 Å². The van der Waals surface area contributed by atoms with Crippen LogP contribution in [0, 0.1) is 0 Å². The minimum absolute atomic E-state index is 0.105. The maximum Gasteiger partial charge on any atom is 0.408 e. The van der Waals surface area contributed by atoms with E-state index in [1.165, 1.54) is 6.92 Å². The number of likely N-dealkylation sites (tertiary alicyclic amines) is 1. The van der Waals surface area contributed by atoms with Gasteiger partial charge in [-0.1, -0.05) is 42.5 Å². The Morgan fingerprint density at radius 1 is 1.12 bits per heavy atom. The van der Waals surface area contributed by atoms with Crippen molar-refractivity contribution in [1.29, 1.82) is 0 Å². The molecule has 2 aliphatic heterocycles.